The monoisotopic (exact) mass is 510 g/mol. The van der Waals surface area contributed by atoms with Crippen LogP contribution in [-0.4, -0.2) is 8.97 Å². The van der Waals surface area contributed by atoms with Crippen LogP contribution in [0, 0.1) is 0 Å². The Morgan fingerprint density at radius 1 is 0.400 bits per heavy atom. The number of hydrogen-bond acceptors (Lipinski definition) is 1. The van der Waals surface area contributed by atoms with Crippen LogP contribution in [0.5, 0.6) is 0 Å². The molecule has 40 heavy (non-hydrogen) atoms. The first-order valence-electron chi connectivity index (χ1n) is 13.6. The van der Waals surface area contributed by atoms with Crippen molar-refractivity contribution >= 4 is 59.8 Å². The number of rotatable bonds is 2. The minimum atomic E-state index is 0.0253. The third kappa shape index (κ3) is 2.76. The van der Waals surface area contributed by atoms with Crippen molar-refractivity contribution in [2.24, 2.45) is 0 Å². The van der Waals surface area contributed by atoms with Gasteiger partial charge >= 0.3 is 0 Å². The predicted octanol–water partition coefficient (Wildman–Crippen LogP) is 8.96. The first-order chi connectivity index (χ1) is 19.8. The highest BCUT2D eigenvalue weighted by atomic mass is 16.1. The van der Waals surface area contributed by atoms with E-state index in [1.54, 1.807) is 0 Å². The van der Waals surface area contributed by atoms with Crippen LogP contribution in [0.4, 0.5) is 0 Å². The van der Waals surface area contributed by atoms with Crippen molar-refractivity contribution in [3.63, 3.8) is 0 Å². The van der Waals surface area contributed by atoms with Gasteiger partial charge in [0.15, 0.2) is 0 Å². The molecule has 0 aliphatic heterocycles. The summed E-state index contributed by atoms with van der Waals surface area (Å²) in [6.07, 6.45) is 0. The summed E-state index contributed by atoms with van der Waals surface area (Å²) in [5.41, 5.74) is 7.62. The highest BCUT2D eigenvalue weighted by Gasteiger charge is 2.21. The second-order valence-corrected chi connectivity index (χ2v) is 10.5. The summed E-state index contributed by atoms with van der Waals surface area (Å²) < 4.78 is 4.26. The molecule has 0 atom stereocenters. The van der Waals surface area contributed by atoms with Crippen molar-refractivity contribution in [3.8, 4) is 16.8 Å². The quantitative estimate of drug-likeness (QED) is 0.213. The van der Waals surface area contributed by atoms with Gasteiger partial charge in [0.05, 0.1) is 22.1 Å². The molecule has 6 aromatic carbocycles. The van der Waals surface area contributed by atoms with Crippen molar-refractivity contribution in [2.45, 2.75) is 0 Å². The van der Waals surface area contributed by atoms with Crippen molar-refractivity contribution in [3.05, 3.63) is 144 Å². The zero-order chi connectivity index (χ0) is 26.4. The molecule has 186 valence electrons. The number of fused-ring (bicyclic) bond motifs is 8. The van der Waals surface area contributed by atoms with Gasteiger partial charge in [-0.05, 0) is 65.0 Å². The summed E-state index contributed by atoms with van der Waals surface area (Å²) in [5, 5.41) is 7.42. The molecular weight excluding hydrogens is 488 g/mol. The van der Waals surface area contributed by atoms with Crippen LogP contribution in [0.15, 0.2) is 138 Å². The van der Waals surface area contributed by atoms with E-state index in [1.807, 2.05) is 34.7 Å². The summed E-state index contributed by atoms with van der Waals surface area (Å²) in [5.74, 6) is 0. The summed E-state index contributed by atoms with van der Waals surface area (Å²) in [6.45, 7) is 0. The maximum atomic E-state index is 14.1. The predicted molar refractivity (Wildman–Crippen MR) is 167 cm³/mol. The molecule has 9 rings (SSSR count). The van der Waals surface area contributed by atoms with Crippen LogP contribution < -0.4 is 5.56 Å². The average Bonchev–Trinajstić information content (AvgIpc) is 3.52. The van der Waals surface area contributed by atoms with E-state index in [0.29, 0.717) is 0 Å². The molecule has 0 radical (unpaired) electrons. The molecule has 3 nitrogen and oxygen atoms in total. The van der Waals surface area contributed by atoms with E-state index in [9.17, 15) is 4.79 Å². The summed E-state index contributed by atoms with van der Waals surface area (Å²) in [4.78, 5) is 14.1. The normalized spacial score (nSPS) is 12.1. The number of nitrogens with zero attached hydrogens (tertiary/aromatic N) is 2. The van der Waals surface area contributed by atoms with Gasteiger partial charge in [0, 0.05) is 38.0 Å². The molecule has 0 amide bonds. The molecule has 0 N–H and O–H groups in total. The molecule has 0 unspecified atom stereocenters. The Morgan fingerprint density at radius 3 is 1.77 bits per heavy atom. The van der Waals surface area contributed by atoms with Crippen molar-refractivity contribution in [1.82, 2.24) is 8.97 Å². The summed E-state index contributed by atoms with van der Waals surface area (Å²) >= 11 is 0. The Morgan fingerprint density at radius 2 is 1.00 bits per heavy atom. The van der Waals surface area contributed by atoms with Crippen molar-refractivity contribution < 1.29 is 0 Å². The number of benzene rings is 6. The van der Waals surface area contributed by atoms with Crippen LogP contribution >= 0.6 is 0 Å². The molecule has 0 bridgehead atoms. The van der Waals surface area contributed by atoms with Gasteiger partial charge < -0.3 is 4.57 Å². The van der Waals surface area contributed by atoms with E-state index >= 15 is 0 Å². The van der Waals surface area contributed by atoms with E-state index in [2.05, 4.69) is 108 Å². The lowest BCUT2D eigenvalue weighted by atomic mass is 9.97. The minimum Gasteiger partial charge on any atom is -0.309 e. The fourth-order valence-corrected chi connectivity index (χ4v) is 6.70. The Labute approximate surface area is 229 Å². The maximum Gasteiger partial charge on any atom is 0.263 e. The van der Waals surface area contributed by atoms with E-state index in [1.165, 1.54) is 10.8 Å². The topological polar surface area (TPSA) is 26.4 Å². The van der Waals surface area contributed by atoms with E-state index < -0.39 is 0 Å². The smallest absolute Gasteiger partial charge is 0.263 e. The number of pyridine rings is 1. The van der Waals surface area contributed by atoms with Gasteiger partial charge in [0.1, 0.15) is 0 Å². The number of hydrogen-bond donors (Lipinski definition) is 0. The second-order valence-electron chi connectivity index (χ2n) is 10.5. The second kappa shape index (κ2) is 7.81. The van der Waals surface area contributed by atoms with Gasteiger partial charge in [-0.1, -0.05) is 84.9 Å². The molecule has 3 heterocycles. The summed E-state index contributed by atoms with van der Waals surface area (Å²) in [7, 11) is 0. The molecule has 3 heteroatoms. The molecule has 0 spiro atoms. The SMILES string of the molecule is O=c1c2ccccc2c2cc(-c3ccccc3)cc3c4cc5c6ccccc6n(-c6ccccc6)c5cc4n1c23. The fraction of sp³-hybridized carbons (Fsp3) is 0. The van der Waals surface area contributed by atoms with Gasteiger partial charge in [-0.15, -0.1) is 0 Å². The van der Waals surface area contributed by atoms with Gasteiger partial charge in [-0.25, -0.2) is 0 Å². The lowest BCUT2D eigenvalue weighted by Crippen LogP contribution is -2.12. The Hall–Kier alpha value is -5.41. The molecule has 0 fully saturated rings. The molecule has 0 aliphatic rings. The van der Waals surface area contributed by atoms with E-state index in [-0.39, 0.29) is 5.56 Å². The zero-order valence-corrected chi connectivity index (χ0v) is 21.5. The van der Waals surface area contributed by atoms with Crippen LogP contribution in [0.2, 0.25) is 0 Å². The number of aromatic nitrogens is 2. The minimum absolute atomic E-state index is 0.0253. The molecule has 9 aromatic rings. The third-order valence-corrected chi connectivity index (χ3v) is 8.43. The third-order valence-electron chi connectivity index (χ3n) is 8.43. The van der Waals surface area contributed by atoms with Gasteiger partial charge in [-0.2, -0.15) is 0 Å². The van der Waals surface area contributed by atoms with Crippen LogP contribution in [0.3, 0.4) is 0 Å². The Kier molecular flexibility index (Phi) is 4.20. The maximum absolute atomic E-state index is 14.1. The van der Waals surface area contributed by atoms with Crippen LogP contribution in [0.1, 0.15) is 0 Å². The van der Waals surface area contributed by atoms with E-state index in [0.717, 1.165) is 65.8 Å². The standard InChI is InChI=1S/C37H22N2O/c40-37-28-17-8-7-15-26(28)31-19-24(23-11-3-1-4-12-23)20-32-30-21-29-27-16-9-10-18-33(27)38(25-13-5-2-6-14-25)34(29)22-35(30)39(37)36(31)32/h1-22H. The lowest BCUT2D eigenvalue weighted by Gasteiger charge is -2.09. The molecule has 0 aliphatic carbocycles. The van der Waals surface area contributed by atoms with E-state index in [4.69, 9.17) is 0 Å². The largest absolute Gasteiger partial charge is 0.309 e. The average molecular weight is 511 g/mol. The van der Waals surface area contributed by atoms with Crippen molar-refractivity contribution in [1.29, 1.82) is 0 Å². The first-order valence-corrected chi connectivity index (χ1v) is 13.6. The highest BCUT2D eigenvalue weighted by molar-refractivity contribution is 6.24. The zero-order valence-electron chi connectivity index (χ0n) is 21.5. The highest BCUT2D eigenvalue weighted by Crippen LogP contribution is 2.41. The van der Waals surface area contributed by atoms with Gasteiger partial charge in [-0.3, -0.25) is 9.20 Å². The molecule has 0 saturated heterocycles. The van der Waals surface area contributed by atoms with Gasteiger partial charge in [0.25, 0.3) is 5.56 Å². The first kappa shape index (κ1) is 21.5. The molecular formula is C37H22N2O. The fourth-order valence-electron chi connectivity index (χ4n) is 6.70. The number of para-hydroxylation sites is 2. The van der Waals surface area contributed by atoms with Crippen LogP contribution in [-0.2, 0) is 0 Å². The Bertz CT molecular complexity index is 2490. The van der Waals surface area contributed by atoms with Crippen LogP contribution in [0.25, 0.3) is 76.6 Å². The van der Waals surface area contributed by atoms with Gasteiger partial charge in [0.2, 0.25) is 0 Å². The Balaban J connectivity index is 1.54. The van der Waals surface area contributed by atoms with Crippen molar-refractivity contribution in [2.75, 3.05) is 0 Å². The molecule has 3 aromatic heterocycles. The summed E-state index contributed by atoms with van der Waals surface area (Å²) in [6, 6.07) is 46.6. The lowest BCUT2D eigenvalue weighted by molar-refractivity contribution is 1.17. The molecule has 0 saturated carbocycles.